The van der Waals surface area contributed by atoms with Gasteiger partial charge in [-0.15, -0.1) is 4.72 Å². The lowest BCUT2D eigenvalue weighted by Gasteiger charge is -2.28. The number of ether oxygens (including phenoxy) is 2. The summed E-state index contributed by atoms with van der Waals surface area (Å²) in [6.45, 7) is 5.72. The van der Waals surface area contributed by atoms with Crippen molar-refractivity contribution < 1.29 is 23.2 Å². The molecule has 1 aliphatic carbocycles. The molecule has 2 unspecified atom stereocenters. The van der Waals surface area contributed by atoms with Crippen LogP contribution >= 0.6 is 22.9 Å². The first-order valence-electron chi connectivity index (χ1n) is 11.4. The number of fused-ring (bicyclic) bond motifs is 1. The number of amides is 1. The van der Waals surface area contributed by atoms with Crippen molar-refractivity contribution in [2.75, 3.05) is 12.1 Å². The second-order valence-corrected chi connectivity index (χ2v) is 13.2. The molecule has 2 aromatic carbocycles. The maximum Gasteiger partial charge on any atom is 0.236 e. The van der Waals surface area contributed by atoms with Gasteiger partial charge < -0.3 is 19.3 Å². The summed E-state index contributed by atoms with van der Waals surface area (Å²) in [7, 11) is 0. The molecule has 36 heavy (non-hydrogen) atoms. The summed E-state index contributed by atoms with van der Waals surface area (Å²) in [6.07, 6.45) is 3.05. The van der Waals surface area contributed by atoms with Crippen molar-refractivity contribution in [1.29, 1.82) is 0 Å². The van der Waals surface area contributed by atoms with Gasteiger partial charge in [0.05, 0.1) is 10.3 Å². The molecule has 2 heterocycles. The van der Waals surface area contributed by atoms with E-state index in [0.29, 0.717) is 27.1 Å². The van der Waals surface area contributed by atoms with Crippen molar-refractivity contribution in [3.8, 4) is 11.5 Å². The highest BCUT2D eigenvalue weighted by Gasteiger charge is 2.52. The molecule has 0 saturated heterocycles. The van der Waals surface area contributed by atoms with Gasteiger partial charge >= 0.3 is 0 Å². The van der Waals surface area contributed by atoms with E-state index in [2.05, 4.69) is 15.0 Å². The van der Waals surface area contributed by atoms with Crippen LogP contribution in [0.3, 0.4) is 0 Å². The molecule has 2 aliphatic rings. The third kappa shape index (κ3) is 4.92. The number of aromatic nitrogens is 1. The molecule has 2 N–H and O–H groups in total. The Morgan fingerprint density at radius 1 is 1.22 bits per heavy atom. The van der Waals surface area contributed by atoms with Crippen LogP contribution in [0.1, 0.15) is 55.7 Å². The number of nitrogens with one attached hydrogen (secondary N) is 2. The standard InChI is InChI=1S/C25H25ClFN3O4S2/c1-24(2,3)36(32)30-21(16-6-5-15(27)11-17(16)26)20-12-28-23(35-20)29-22(31)25(8-9-25)14-4-7-18-19(10-14)34-13-33-18/h4-7,10-12,21,30H,8-9,13H2,1-3H3,(H,28,29,31). The number of anilines is 1. The maximum absolute atomic E-state index is 13.7. The molecule has 0 spiro atoms. The SMILES string of the molecule is CC(C)(C)[S+]([O-])NC(c1cnc(NC(=O)C2(c3ccc4c(c3)OCO4)CC2)s1)c1ccc(F)cc1Cl. The van der Waals surface area contributed by atoms with Gasteiger partial charge in [0.25, 0.3) is 0 Å². The monoisotopic (exact) mass is 549 g/mol. The van der Waals surface area contributed by atoms with E-state index >= 15 is 0 Å². The van der Waals surface area contributed by atoms with Gasteiger partial charge in [-0.3, -0.25) is 4.79 Å². The largest absolute Gasteiger partial charge is 0.598 e. The third-order valence-corrected chi connectivity index (χ3v) is 9.06. The topological polar surface area (TPSA) is 95.5 Å². The number of nitrogens with zero attached hydrogens (tertiary/aromatic N) is 1. The number of thiazole rings is 1. The zero-order valence-electron chi connectivity index (χ0n) is 19.9. The minimum Gasteiger partial charge on any atom is -0.598 e. The van der Waals surface area contributed by atoms with Crippen molar-refractivity contribution in [1.82, 2.24) is 9.71 Å². The minimum absolute atomic E-state index is 0.148. The lowest BCUT2D eigenvalue weighted by atomic mass is 9.94. The highest BCUT2D eigenvalue weighted by molar-refractivity contribution is 7.90. The van der Waals surface area contributed by atoms with E-state index in [9.17, 15) is 13.7 Å². The first-order chi connectivity index (χ1) is 17.1. The van der Waals surface area contributed by atoms with Crippen LogP contribution in [0, 0.1) is 5.82 Å². The fourth-order valence-corrected chi connectivity index (χ4v) is 6.01. The van der Waals surface area contributed by atoms with Crippen LogP contribution in [0.5, 0.6) is 11.5 Å². The minimum atomic E-state index is -1.45. The van der Waals surface area contributed by atoms with Gasteiger partial charge in [0.2, 0.25) is 12.7 Å². The Kier molecular flexibility index (Phi) is 6.67. The molecule has 11 heteroatoms. The summed E-state index contributed by atoms with van der Waals surface area (Å²) >= 11 is 6.16. The summed E-state index contributed by atoms with van der Waals surface area (Å²) in [5.74, 6) is 0.699. The van der Waals surface area contributed by atoms with Gasteiger partial charge in [0.1, 0.15) is 16.6 Å². The van der Waals surface area contributed by atoms with Gasteiger partial charge in [-0.05, 0) is 69.0 Å². The molecule has 1 saturated carbocycles. The number of hydrogen-bond donors (Lipinski definition) is 2. The van der Waals surface area contributed by atoms with Crippen LogP contribution in [0.4, 0.5) is 9.52 Å². The average Bonchev–Trinajstić information content (AvgIpc) is 3.28. The molecule has 0 radical (unpaired) electrons. The Balaban J connectivity index is 1.38. The maximum atomic E-state index is 13.7. The van der Waals surface area contributed by atoms with Gasteiger partial charge in [0.15, 0.2) is 16.6 Å². The van der Waals surface area contributed by atoms with Crippen LogP contribution in [0.25, 0.3) is 0 Å². The number of hydrogen-bond acceptors (Lipinski definition) is 7. The smallest absolute Gasteiger partial charge is 0.236 e. The average molecular weight is 550 g/mol. The van der Waals surface area contributed by atoms with E-state index < -0.39 is 33.4 Å². The first kappa shape index (κ1) is 25.3. The summed E-state index contributed by atoms with van der Waals surface area (Å²) in [5.41, 5.74) is 0.800. The molecule has 3 aromatic rings. The molecule has 1 fully saturated rings. The number of carbonyl (C=O) groups excluding carboxylic acids is 1. The number of halogens is 2. The molecular formula is C25H25ClFN3O4S2. The summed E-state index contributed by atoms with van der Waals surface area (Å²) < 4.78 is 40.1. The molecule has 1 aliphatic heterocycles. The van der Waals surface area contributed by atoms with E-state index in [1.807, 2.05) is 39.0 Å². The molecule has 0 bridgehead atoms. The van der Waals surface area contributed by atoms with Crippen LogP contribution in [-0.2, 0) is 21.6 Å². The molecule has 5 rings (SSSR count). The predicted molar refractivity (Wildman–Crippen MR) is 139 cm³/mol. The van der Waals surface area contributed by atoms with Gasteiger partial charge in [-0.1, -0.05) is 35.1 Å². The predicted octanol–water partition coefficient (Wildman–Crippen LogP) is 5.48. The van der Waals surface area contributed by atoms with Crippen molar-refractivity contribution in [3.63, 3.8) is 0 Å². The Morgan fingerprint density at radius 2 is 1.97 bits per heavy atom. The van der Waals surface area contributed by atoms with Gasteiger partial charge in [-0.2, -0.15) is 0 Å². The Bertz CT molecular complexity index is 1310. The van der Waals surface area contributed by atoms with Crippen molar-refractivity contribution >= 4 is 45.3 Å². The van der Waals surface area contributed by atoms with E-state index in [4.69, 9.17) is 21.1 Å². The second kappa shape index (κ2) is 9.50. The molecule has 190 valence electrons. The number of carbonyl (C=O) groups is 1. The Labute approximate surface area is 220 Å². The van der Waals surface area contributed by atoms with E-state index in [1.165, 1.54) is 23.5 Å². The number of rotatable bonds is 7. The van der Waals surface area contributed by atoms with Crippen LogP contribution in [0.2, 0.25) is 5.02 Å². The van der Waals surface area contributed by atoms with E-state index in [-0.39, 0.29) is 17.7 Å². The van der Waals surface area contributed by atoms with Crippen LogP contribution in [0.15, 0.2) is 42.6 Å². The van der Waals surface area contributed by atoms with Crippen LogP contribution in [-0.4, -0.2) is 27.0 Å². The Morgan fingerprint density at radius 3 is 2.67 bits per heavy atom. The Hall–Kier alpha value is -2.37. The quantitative estimate of drug-likeness (QED) is 0.379. The zero-order chi connectivity index (χ0) is 25.7. The third-order valence-electron chi connectivity index (χ3n) is 6.19. The molecule has 1 aromatic heterocycles. The van der Waals surface area contributed by atoms with Gasteiger partial charge in [-0.25, -0.2) is 9.37 Å². The fourth-order valence-electron chi connectivity index (χ4n) is 3.95. The first-order valence-corrected chi connectivity index (χ1v) is 13.7. The van der Waals surface area contributed by atoms with Crippen molar-refractivity contribution in [2.45, 2.75) is 49.8 Å². The second-order valence-electron chi connectivity index (χ2n) is 9.77. The normalized spacial score (nSPS) is 17.5. The molecule has 2 atom stereocenters. The van der Waals surface area contributed by atoms with Crippen molar-refractivity contribution in [3.05, 3.63) is 69.4 Å². The van der Waals surface area contributed by atoms with E-state index in [1.54, 1.807) is 12.3 Å². The van der Waals surface area contributed by atoms with Gasteiger partial charge in [0, 0.05) is 22.6 Å². The summed E-state index contributed by atoms with van der Waals surface area (Å²) in [6, 6.07) is 9.06. The lowest BCUT2D eigenvalue weighted by molar-refractivity contribution is -0.118. The molecular weight excluding hydrogens is 525 g/mol. The zero-order valence-corrected chi connectivity index (χ0v) is 22.3. The van der Waals surface area contributed by atoms with E-state index in [0.717, 1.165) is 18.4 Å². The lowest BCUT2D eigenvalue weighted by Crippen LogP contribution is -2.41. The highest BCUT2D eigenvalue weighted by Crippen LogP contribution is 2.51. The highest BCUT2D eigenvalue weighted by atomic mass is 35.5. The summed E-state index contributed by atoms with van der Waals surface area (Å²) in [4.78, 5) is 18.4. The molecule has 1 amide bonds. The summed E-state index contributed by atoms with van der Waals surface area (Å²) in [5, 5.41) is 3.56. The van der Waals surface area contributed by atoms with Crippen LogP contribution < -0.4 is 19.5 Å². The van der Waals surface area contributed by atoms with Crippen molar-refractivity contribution in [2.24, 2.45) is 0 Å². The fraction of sp³-hybridized carbons (Fsp3) is 0.360. The molecule has 7 nitrogen and oxygen atoms in total. The number of benzene rings is 2.